The summed E-state index contributed by atoms with van der Waals surface area (Å²) in [7, 11) is 0. The minimum absolute atomic E-state index is 0.221. The number of nitrogens with zero attached hydrogens (tertiary/aromatic N) is 2. The highest BCUT2D eigenvalue weighted by molar-refractivity contribution is 6.04. The second-order valence-corrected chi connectivity index (χ2v) is 5.48. The fraction of sp³-hybridized carbons (Fsp3) is 0.529. The van der Waals surface area contributed by atoms with Gasteiger partial charge in [0.15, 0.2) is 0 Å². The van der Waals surface area contributed by atoms with Crippen molar-refractivity contribution in [3.63, 3.8) is 0 Å². The molecule has 1 aliphatic rings. The average molecular weight is 321 g/mol. The Balaban J connectivity index is 1.87. The molecular formula is C17H24FN3O2. The molecule has 2 rings (SSSR count). The van der Waals surface area contributed by atoms with Gasteiger partial charge >= 0.3 is 0 Å². The summed E-state index contributed by atoms with van der Waals surface area (Å²) in [6, 6.07) is 5.59. The Morgan fingerprint density at radius 3 is 2.61 bits per heavy atom. The highest BCUT2D eigenvalue weighted by atomic mass is 19.1. The van der Waals surface area contributed by atoms with Crippen molar-refractivity contribution >= 4 is 11.9 Å². The molecule has 23 heavy (non-hydrogen) atoms. The molecule has 1 amide bonds. The average Bonchev–Trinajstić information content (AvgIpc) is 2.56. The molecule has 1 aromatic rings. The first-order chi connectivity index (χ1) is 11.2. The SMILES string of the molecule is CCOC(=NCCN1CCCCC1)NC(=O)c1ccc(F)cc1. The van der Waals surface area contributed by atoms with Crippen LogP contribution in [0, 0.1) is 5.82 Å². The summed E-state index contributed by atoms with van der Waals surface area (Å²) >= 11 is 0. The number of ether oxygens (including phenoxy) is 1. The van der Waals surface area contributed by atoms with Gasteiger partial charge in [-0.05, 0) is 57.1 Å². The molecule has 0 unspecified atom stereocenters. The molecule has 1 aromatic carbocycles. The minimum atomic E-state index is -0.373. The Morgan fingerprint density at radius 1 is 1.26 bits per heavy atom. The van der Waals surface area contributed by atoms with Crippen LogP contribution in [-0.4, -0.2) is 49.6 Å². The molecule has 0 radical (unpaired) electrons. The van der Waals surface area contributed by atoms with E-state index in [9.17, 15) is 9.18 Å². The zero-order chi connectivity index (χ0) is 16.5. The first-order valence-corrected chi connectivity index (χ1v) is 8.15. The van der Waals surface area contributed by atoms with Crippen LogP contribution in [0.4, 0.5) is 4.39 Å². The lowest BCUT2D eigenvalue weighted by Gasteiger charge is -2.25. The summed E-state index contributed by atoms with van der Waals surface area (Å²) in [4.78, 5) is 18.8. The van der Waals surface area contributed by atoms with Crippen molar-refractivity contribution in [3.8, 4) is 0 Å². The van der Waals surface area contributed by atoms with Gasteiger partial charge in [0.25, 0.3) is 11.9 Å². The second kappa shape index (κ2) is 9.25. The number of benzene rings is 1. The lowest BCUT2D eigenvalue weighted by Crippen LogP contribution is -2.35. The number of carbonyl (C=O) groups excluding carboxylic acids is 1. The number of likely N-dealkylation sites (tertiary alicyclic amines) is 1. The molecule has 0 aliphatic carbocycles. The minimum Gasteiger partial charge on any atom is -0.465 e. The van der Waals surface area contributed by atoms with Crippen molar-refractivity contribution in [2.75, 3.05) is 32.8 Å². The van der Waals surface area contributed by atoms with Crippen LogP contribution in [0.3, 0.4) is 0 Å². The number of rotatable bonds is 5. The molecule has 0 saturated carbocycles. The Bertz CT molecular complexity index is 525. The Labute approximate surface area is 136 Å². The van der Waals surface area contributed by atoms with Gasteiger partial charge < -0.3 is 9.64 Å². The van der Waals surface area contributed by atoms with Crippen molar-refractivity contribution in [1.82, 2.24) is 10.2 Å². The molecule has 1 fully saturated rings. The van der Waals surface area contributed by atoms with Crippen molar-refractivity contribution < 1.29 is 13.9 Å². The van der Waals surface area contributed by atoms with Crippen LogP contribution in [0.1, 0.15) is 36.5 Å². The molecule has 1 saturated heterocycles. The van der Waals surface area contributed by atoms with E-state index in [-0.39, 0.29) is 17.7 Å². The maximum Gasteiger partial charge on any atom is 0.291 e. The first-order valence-electron chi connectivity index (χ1n) is 8.15. The van der Waals surface area contributed by atoms with Crippen LogP contribution >= 0.6 is 0 Å². The molecule has 126 valence electrons. The molecule has 1 aliphatic heterocycles. The number of carbonyl (C=O) groups is 1. The van der Waals surface area contributed by atoms with E-state index in [2.05, 4.69) is 15.2 Å². The van der Waals surface area contributed by atoms with E-state index in [0.29, 0.717) is 18.7 Å². The van der Waals surface area contributed by atoms with Crippen LogP contribution in [-0.2, 0) is 4.74 Å². The maximum absolute atomic E-state index is 12.9. The highest BCUT2D eigenvalue weighted by Crippen LogP contribution is 2.07. The Kier molecular flexibility index (Phi) is 7.00. The lowest BCUT2D eigenvalue weighted by atomic mass is 10.1. The quantitative estimate of drug-likeness (QED) is 0.669. The predicted octanol–water partition coefficient (Wildman–Crippen LogP) is 2.43. The third kappa shape index (κ3) is 5.98. The molecule has 1 heterocycles. The van der Waals surface area contributed by atoms with E-state index in [1.165, 1.54) is 43.5 Å². The van der Waals surface area contributed by atoms with Crippen LogP contribution < -0.4 is 5.32 Å². The zero-order valence-electron chi connectivity index (χ0n) is 13.6. The summed E-state index contributed by atoms with van der Waals surface area (Å²) < 4.78 is 18.3. The van der Waals surface area contributed by atoms with E-state index >= 15 is 0 Å². The van der Waals surface area contributed by atoms with Crippen LogP contribution in [0.25, 0.3) is 0 Å². The third-order valence-corrected chi connectivity index (χ3v) is 3.73. The molecule has 5 nitrogen and oxygen atoms in total. The van der Waals surface area contributed by atoms with Crippen LogP contribution in [0.5, 0.6) is 0 Å². The van der Waals surface area contributed by atoms with Gasteiger partial charge in [0.2, 0.25) is 0 Å². The summed E-state index contributed by atoms with van der Waals surface area (Å²) in [5, 5.41) is 2.64. The van der Waals surface area contributed by atoms with Gasteiger partial charge in [-0.15, -0.1) is 0 Å². The normalized spacial score (nSPS) is 16.2. The van der Waals surface area contributed by atoms with E-state index < -0.39 is 0 Å². The zero-order valence-corrected chi connectivity index (χ0v) is 13.6. The number of amides is 1. The van der Waals surface area contributed by atoms with Crippen LogP contribution in [0.2, 0.25) is 0 Å². The Hall–Kier alpha value is -1.95. The van der Waals surface area contributed by atoms with E-state index in [1.54, 1.807) is 0 Å². The fourth-order valence-corrected chi connectivity index (χ4v) is 2.50. The van der Waals surface area contributed by atoms with Crippen molar-refractivity contribution in [3.05, 3.63) is 35.6 Å². The van der Waals surface area contributed by atoms with Gasteiger partial charge in [-0.25, -0.2) is 9.38 Å². The number of aliphatic imine (C=N–C) groups is 1. The fourth-order valence-electron chi connectivity index (χ4n) is 2.50. The number of hydrogen-bond donors (Lipinski definition) is 1. The summed E-state index contributed by atoms with van der Waals surface area (Å²) in [6.45, 7) is 5.93. The van der Waals surface area contributed by atoms with E-state index in [1.807, 2.05) is 6.92 Å². The number of nitrogens with one attached hydrogen (secondary N) is 1. The molecule has 0 atom stereocenters. The number of piperidine rings is 1. The molecule has 0 spiro atoms. The van der Waals surface area contributed by atoms with Crippen molar-refractivity contribution in [2.24, 2.45) is 4.99 Å². The molecule has 1 N–H and O–H groups in total. The lowest BCUT2D eigenvalue weighted by molar-refractivity contribution is 0.0966. The van der Waals surface area contributed by atoms with Crippen LogP contribution in [0.15, 0.2) is 29.3 Å². The topological polar surface area (TPSA) is 53.9 Å². The van der Waals surface area contributed by atoms with Crippen molar-refractivity contribution in [2.45, 2.75) is 26.2 Å². The summed E-state index contributed by atoms with van der Waals surface area (Å²) in [5.41, 5.74) is 0.370. The maximum atomic E-state index is 12.9. The van der Waals surface area contributed by atoms with Gasteiger partial charge in [-0.1, -0.05) is 6.42 Å². The van der Waals surface area contributed by atoms with Crippen molar-refractivity contribution in [1.29, 1.82) is 0 Å². The number of amidine groups is 1. The highest BCUT2D eigenvalue weighted by Gasteiger charge is 2.11. The van der Waals surface area contributed by atoms with Gasteiger partial charge in [0, 0.05) is 12.1 Å². The molecule has 6 heteroatoms. The largest absolute Gasteiger partial charge is 0.465 e. The second-order valence-electron chi connectivity index (χ2n) is 5.48. The third-order valence-electron chi connectivity index (χ3n) is 3.73. The first kappa shape index (κ1) is 17.4. The van der Waals surface area contributed by atoms with E-state index in [4.69, 9.17) is 4.74 Å². The smallest absolute Gasteiger partial charge is 0.291 e. The predicted molar refractivity (Wildman–Crippen MR) is 88.1 cm³/mol. The molecule has 0 aromatic heterocycles. The number of hydrogen-bond acceptors (Lipinski definition) is 4. The number of halogens is 1. The van der Waals surface area contributed by atoms with Gasteiger partial charge in [-0.3, -0.25) is 10.1 Å². The van der Waals surface area contributed by atoms with E-state index in [0.717, 1.165) is 19.6 Å². The summed E-state index contributed by atoms with van der Waals surface area (Å²) in [5.74, 6) is -0.725. The standard InChI is InChI=1S/C17H24FN3O2/c1-2-23-17(19-10-13-21-11-4-3-5-12-21)20-16(22)14-6-8-15(18)9-7-14/h6-9H,2-5,10-13H2,1H3,(H,19,20,22). The monoisotopic (exact) mass is 321 g/mol. The van der Waals surface area contributed by atoms with Gasteiger partial charge in [0.1, 0.15) is 5.82 Å². The molecular weight excluding hydrogens is 297 g/mol. The van der Waals surface area contributed by atoms with Gasteiger partial charge in [-0.2, -0.15) is 0 Å². The molecule has 0 bridgehead atoms. The summed E-state index contributed by atoms with van der Waals surface area (Å²) in [6.07, 6.45) is 3.78. The Morgan fingerprint density at radius 2 is 1.96 bits per heavy atom. The van der Waals surface area contributed by atoms with Gasteiger partial charge in [0.05, 0.1) is 13.2 Å².